The van der Waals surface area contributed by atoms with Crippen molar-refractivity contribution < 1.29 is 24.0 Å². The highest BCUT2D eigenvalue weighted by atomic mass is 16.2. The molecule has 0 saturated carbocycles. The Balaban J connectivity index is 0. The molecule has 11 heteroatoms. The fraction of sp³-hybridized carbons (Fsp3) is 0.676. The maximum Gasteiger partial charge on any atom is 0.315 e. The average Bonchev–Trinajstić information content (AvgIpc) is 3.53. The molecule has 1 saturated heterocycles. The fourth-order valence-electron chi connectivity index (χ4n) is 4.28. The van der Waals surface area contributed by atoms with E-state index in [1.54, 1.807) is 29.2 Å². The minimum atomic E-state index is -1.05. The summed E-state index contributed by atoms with van der Waals surface area (Å²) < 4.78 is 0. The molecule has 1 aromatic carbocycles. The summed E-state index contributed by atoms with van der Waals surface area (Å²) >= 11 is 0. The fourth-order valence-corrected chi connectivity index (χ4v) is 4.28. The number of carbonyl (C=O) groups is 5. The molecular weight excluding hydrogens is 608 g/mol. The van der Waals surface area contributed by atoms with Crippen LogP contribution in [0.15, 0.2) is 35.4 Å². The Morgan fingerprint density at radius 3 is 1.96 bits per heavy atom. The van der Waals surface area contributed by atoms with Crippen LogP contribution < -0.4 is 21.8 Å². The Morgan fingerprint density at radius 2 is 1.50 bits per heavy atom. The van der Waals surface area contributed by atoms with E-state index in [1.165, 1.54) is 19.6 Å². The van der Waals surface area contributed by atoms with E-state index < -0.39 is 41.3 Å². The summed E-state index contributed by atoms with van der Waals surface area (Å²) in [5.74, 6) is -1.30. The Labute approximate surface area is 290 Å². The number of rotatable bonds is 13. The summed E-state index contributed by atoms with van der Waals surface area (Å²) in [6, 6.07) is 5.91. The molecule has 0 aromatic heterocycles. The molecule has 0 radical (unpaired) electrons. The number of hydrogen-bond donors (Lipinski definition) is 4. The van der Waals surface area contributed by atoms with Gasteiger partial charge in [-0.1, -0.05) is 120 Å². The summed E-state index contributed by atoms with van der Waals surface area (Å²) in [7, 11) is 0. The number of Topliss-reactive ketones (excluding diaryl/α,β-unsaturated/α-hetero) is 2. The third-order valence-corrected chi connectivity index (χ3v) is 7.56. The van der Waals surface area contributed by atoms with E-state index in [1.807, 2.05) is 68.4 Å². The lowest BCUT2D eigenvalue weighted by Crippen LogP contribution is -2.59. The van der Waals surface area contributed by atoms with Gasteiger partial charge in [0.05, 0.1) is 6.04 Å². The quantitative estimate of drug-likeness (QED) is 0.0854. The number of primary amides is 1. The first-order valence-corrected chi connectivity index (χ1v) is 17.6. The number of nitrogens with zero attached hydrogens (tertiary/aromatic N) is 2. The van der Waals surface area contributed by atoms with E-state index in [0.717, 1.165) is 12.3 Å². The van der Waals surface area contributed by atoms with E-state index in [0.29, 0.717) is 18.5 Å². The number of amides is 4. The minimum absolute atomic E-state index is 0.0114. The molecule has 0 spiro atoms. The summed E-state index contributed by atoms with van der Waals surface area (Å²) in [4.78, 5) is 63.8. The van der Waals surface area contributed by atoms with E-state index in [2.05, 4.69) is 41.9 Å². The van der Waals surface area contributed by atoms with Crippen LogP contribution in [0.5, 0.6) is 0 Å². The second-order valence-corrected chi connectivity index (χ2v) is 13.2. The lowest BCUT2D eigenvalue weighted by molar-refractivity contribution is -0.136. The van der Waals surface area contributed by atoms with Gasteiger partial charge in [-0.05, 0) is 37.0 Å². The highest BCUT2D eigenvalue weighted by Crippen LogP contribution is 2.25. The highest BCUT2D eigenvalue weighted by Gasteiger charge is 2.39. The molecule has 4 unspecified atom stereocenters. The van der Waals surface area contributed by atoms with Crippen LogP contribution >= 0.6 is 0 Å². The Morgan fingerprint density at radius 1 is 0.958 bits per heavy atom. The number of urea groups is 1. The molecule has 1 aliphatic heterocycles. The second-order valence-electron chi connectivity index (χ2n) is 13.2. The second kappa shape index (κ2) is 24.4. The minimum Gasteiger partial charge on any atom is -0.363 e. The van der Waals surface area contributed by atoms with Crippen LogP contribution in [-0.4, -0.2) is 71.2 Å². The largest absolute Gasteiger partial charge is 0.363 e. The van der Waals surface area contributed by atoms with Gasteiger partial charge in [-0.3, -0.25) is 24.6 Å². The smallest absolute Gasteiger partial charge is 0.315 e. The molecule has 0 bridgehead atoms. The third-order valence-electron chi connectivity index (χ3n) is 7.56. The first-order chi connectivity index (χ1) is 22.5. The van der Waals surface area contributed by atoms with Gasteiger partial charge in [-0.25, -0.2) is 4.79 Å². The molecule has 274 valence electrons. The van der Waals surface area contributed by atoms with Gasteiger partial charge >= 0.3 is 6.03 Å². The van der Waals surface area contributed by atoms with Gasteiger partial charge in [0.15, 0.2) is 5.78 Å². The molecular formula is C37H66N6O5. The number of ketones is 2. The Hall–Kier alpha value is -3.76. The Kier molecular flexibility index (Phi) is 23.6. The van der Waals surface area contributed by atoms with Gasteiger partial charge in [0.2, 0.25) is 11.7 Å². The zero-order valence-corrected chi connectivity index (χ0v) is 32.0. The van der Waals surface area contributed by atoms with Gasteiger partial charge in [0, 0.05) is 30.8 Å². The maximum absolute atomic E-state index is 13.6. The van der Waals surface area contributed by atoms with E-state index in [-0.39, 0.29) is 30.1 Å². The predicted octanol–water partition coefficient (Wildman–Crippen LogP) is 6.11. The first-order valence-electron chi connectivity index (χ1n) is 17.6. The van der Waals surface area contributed by atoms with Crippen LogP contribution in [-0.2, 0) is 14.4 Å². The van der Waals surface area contributed by atoms with E-state index in [9.17, 15) is 24.0 Å². The molecule has 1 aromatic rings. The topological polar surface area (TPSA) is 163 Å². The average molecular weight is 675 g/mol. The van der Waals surface area contributed by atoms with Crippen LogP contribution in [0.25, 0.3) is 0 Å². The number of hydrogen-bond acceptors (Lipinski definition) is 7. The number of hydrazone groups is 1. The SMILES string of the molecule is CC.CC.CC(NN=CC1CCCN1C(=O)C(NC(=O)NC(CC(=O)c1ccccc1)C(C)C)C(C)(C)C)C(=O)C(N)=O.CCC(C)C. The third kappa shape index (κ3) is 17.4. The molecule has 1 aliphatic rings. The molecule has 0 aliphatic carbocycles. The lowest BCUT2D eigenvalue weighted by atomic mass is 9.85. The van der Waals surface area contributed by atoms with Crippen LogP contribution in [0, 0.1) is 17.3 Å². The predicted molar refractivity (Wildman–Crippen MR) is 197 cm³/mol. The lowest BCUT2D eigenvalue weighted by Gasteiger charge is -2.35. The molecule has 1 heterocycles. The van der Waals surface area contributed by atoms with Crippen molar-refractivity contribution in [2.24, 2.45) is 28.1 Å². The van der Waals surface area contributed by atoms with Crippen molar-refractivity contribution in [1.29, 1.82) is 0 Å². The molecule has 1 fully saturated rings. The van der Waals surface area contributed by atoms with Crippen molar-refractivity contribution in [3.05, 3.63) is 35.9 Å². The highest BCUT2D eigenvalue weighted by molar-refractivity contribution is 6.37. The number of likely N-dealkylation sites (tertiary alicyclic amines) is 1. The number of nitrogens with two attached hydrogens (primary N) is 1. The van der Waals surface area contributed by atoms with Crippen LogP contribution in [0.3, 0.4) is 0 Å². The van der Waals surface area contributed by atoms with Gasteiger partial charge in [-0.15, -0.1) is 0 Å². The normalized spacial score (nSPS) is 15.8. The van der Waals surface area contributed by atoms with Crippen molar-refractivity contribution in [2.75, 3.05) is 6.54 Å². The van der Waals surface area contributed by atoms with E-state index in [4.69, 9.17) is 5.73 Å². The number of carbonyl (C=O) groups excluding carboxylic acids is 5. The zero-order chi connectivity index (χ0) is 37.6. The van der Waals surface area contributed by atoms with Crippen LogP contribution in [0.4, 0.5) is 4.79 Å². The summed E-state index contributed by atoms with van der Waals surface area (Å²) in [6.07, 6.45) is 4.38. The first kappa shape index (κ1) is 46.4. The molecule has 2 rings (SSSR count). The van der Waals surface area contributed by atoms with Gasteiger partial charge in [0.1, 0.15) is 12.1 Å². The summed E-state index contributed by atoms with van der Waals surface area (Å²) in [6.45, 7) is 26.1. The monoisotopic (exact) mass is 675 g/mol. The number of benzene rings is 1. The summed E-state index contributed by atoms with van der Waals surface area (Å²) in [5.41, 5.74) is 7.57. The van der Waals surface area contributed by atoms with Crippen LogP contribution in [0.1, 0.15) is 126 Å². The molecule has 4 atom stereocenters. The molecule has 48 heavy (non-hydrogen) atoms. The van der Waals surface area contributed by atoms with Crippen molar-refractivity contribution in [2.45, 2.75) is 140 Å². The summed E-state index contributed by atoms with van der Waals surface area (Å²) in [5, 5.41) is 9.79. The van der Waals surface area contributed by atoms with Gasteiger partial charge < -0.3 is 21.3 Å². The number of nitrogens with one attached hydrogen (secondary N) is 3. The van der Waals surface area contributed by atoms with E-state index >= 15 is 0 Å². The van der Waals surface area contributed by atoms with Crippen molar-refractivity contribution in [1.82, 2.24) is 21.0 Å². The van der Waals surface area contributed by atoms with Crippen LogP contribution in [0.2, 0.25) is 0 Å². The van der Waals surface area contributed by atoms with Gasteiger partial charge in [0.25, 0.3) is 5.91 Å². The van der Waals surface area contributed by atoms with Crippen molar-refractivity contribution in [3.8, 4) is 0 Å². The van der Waals surface area contributed by atoms with Gasteiger partial charge in [-0.2, -0.15) is 5.10 Å². The molecule has 5 N–H and O–H groups in total. The standard InChI is InChI=1S/C28H42N6O5.C5H12.2C2H6/c1-17(2)21(15-22(35)19-11-8-7-9-12-19)31-27(39)32-24(28(4,5)6)26(38)34-14-10-13-20(34)16-30-33-18(3)23(36)25(29)37;1-4-5(2)3;2*1-2/h7-9,11-12,16-18,20-21,24,33H,10,13-15H2,1-6H3,(H2,29,37)(H2,31,32,39);5H,4H2,1-3H3;2*1-2H3. The Bertz CT molecular complexity index is 1130. The maximum atomic E-state index is 13.6. The molecule has 11 nitrogen and oxygen atoms in total. The zero-order valence-electron chi connectivity index (χ0n) is 32.0. The molecule has 4 amide bonds. The van der Waals surface area contributed by atoms with Crippen molar-refractivity contribution >= 4 is 35.6 Å². The van der Waals surface area contributed by atoms with Crippen molar-refractivity contribution in [3.63, 3.8) is 0 Å².